The Hall–Kier alpha value is -0.720. The van der Waals surface area contributed by atoms with Crippen LogP contribution in [-0.2, 0) is 16.1 Å². The van der Waals surface area contributed by atoms with Gasteiger partial charge in [-0.3, -0.25) is 4.79 Å². The van der Waals surface area contributed by atoms with Gasteiger partial charge in [-0.25, -0.2) is 8.78 Å². The van der Waals surface area contributed by atoms with Crippen molar-refractivity contribution in [2.45, 2.75) is 11.9 Å². The first kappa shape index (κ1) is 15.3. The molecule has 7 heteroatoms. The van der Waals surface area contributed by atoms with Crippen LogP contribution in [0.1, 0.15) is 5.56 Å². The maximum atomic E-state index is 13.6. The molecule has 1 aromatic carbocycles. The van der Waals surface area contributed by atoms with Gasteiger partial charge >= 0.3 is 5.97 Å². The maximum absolute atomic E-state index is 13.6. The van der Waals surface area contributed by atoms with Crippen LogP contribution >= 0.6 is 27.5 Å². The summed E-state index contributed by atoms with van der Waals surface area (Å²) in [4.78, 5) is 11.0. The first-order chi connectivity index (χ1) is 8.47. The number of carbonyl (C=O) groups is 1. The molecule has 1 unspecified atom stereocenters. The van der Waals surface area contributed by atoms with Gasteiger partial charge in [-0.2, -0.15) is 0 Å². The lowest BCUT2D eigenvalue weighted by molar-refractivity contribution is -0.140. The van der Waals surface area contributed by atoms with Crippen molar-refractivity contribution in [1.29, 1.82) is 0 Å². The summed E-state index contributed by atoms with van der Waals surface area (Å²) in [5, 5.41) is 1.80. The minimum absolute atomic E-state index is 0.0552. The minimum atomic E-state index is -0.895. The standard InChI is InChI=1S/C11H11BrClF2NO2/c1-18-11(17)8(13)5-16-4-6-9(14)3-2-7(12)10(6)15/h2-3,8,16H,4-5H2,1H3. The first-order valence-electron chi connectivity index (χ1n) is 5.02. The van der Waals surface area contributed by atoms with E-state index in [0.29, 0.717) is 0 Å². The smallest absolute Gasteiger partial charge is 0.325 e. The Morgan fingerprint density at radius 2 is 2.22 bits per heavy atom. The van der Waals surface area contributed by atoms with Crippen LogP contribution in [-0.4, -0.2) is 25.0 Å². The molecule has 0 spiro atoms. The van der Waals surface area contributed by atoms with Gasteiger partial charge in [0, 0.05) is 18.7 Å². The monoisotopic (exact) mass is 341 g/mol. The Morgan fingerprint density at radius 1 is 1.56 bits per heavy atom. The van der Waals surface area contributed by atoms with Crippen LogP contribution in [0.3, 0.4) is 0 Å². The fourth-order valence-corrected chi connectivity index (χ4v) is 1.84. The molecule has 0 aliphatic carbocycles. The van der Waals surface area contributed by atoms with Crippen LogP contribution in [0.15, 0.2) is 16.6 Å². The molecule has 0 aliphatic heterocycles. The lowest BCUT2D eigenvalue weighted by Crippen LogP contribution is -2.30. The first-order valence-corrected chi connectivity index (χ1v) is 6.25. The predicted octanol–water partition coefficient (Wildman–Crippen LogP) is 2.60. The molecule has 0 fully saturated rings. The molecule has 1 N–H and O–H groups in total. The number of nitrogens with one attached hydrogen (secondary N) is 1. The van der Waals surface area contributed by atoms with Crippen molar-refractivity contribution in [2.24, 2.45) is 0 Å². The van der Waals surface area contributed by atoms with E-state index in [2.05, 4.69) is 26.0 Å². The molecule has 0 heterocycles. The van der Waals surface area contributed by atoms with Gasteiger partial charge in [-0.1, -0.05) is 0 Å². The van der Waals surface area contributed by atoms with E-state index in [1.165, 1.54) is 13.2 Å². The lowest BCUT2D eigenvalue weighted by Gasteiger charge is -2.10. The molecule has 0 radical (unpaired) electrons. The largest absolute Gasteiger partial charge is 0.468 e. The van der Waals surface area contributed by atoms with Gasteiger partial charge in [0.05, 0.1) is 11.6 Å². The summed E-state index contributed by atoms with van der Waals surface area (Å²) in [5.41, 5.74) is -0.113. The van der Waals surface area contributed by atoms with Crippen LogP contribution < -0.4 is 5.32 Å². The third kappa shape index (κ3) is 3.90. The normalized spacial score (nSPS) is 12.3. The lowest BCUT2D eigenvalue weighted by atomic mass is 10.2. The summed E-state index contributed by atoms with van der Waals surface area (Å²) in [6, 6.07) is 2.44. The highest BCUT2D eigenvalue weighted by atomic mass is 79.9. The van der Waals surface area contributed by atoms with Gasteiger partial charge in [0.25, 0.3) is 0 Å². The number of esters is 1. The fraction of sp³-hybridized carbons (Fsp3) is 0.364. The van der Waals surface area contributed by atoms with Crippen molar-refractivity contribution < 1.29 is 18.3 Å². The quantitative estimate of drug-likeness (QED) is 0.508. The molecule has 0 bridgehead atoms. The molecule has 0 saturated heterocycles. The molecule has 100 valence electrons. The molecule has 1 atom stereocenters. The van der Waals surface area contributed by atoms with Crippen LogP contribution in [0.2, 0.25) is 0 Å². The average Bonchev–Trinajstić information content (AvgIpc) is 2.36. The molecule has 1 aromatic rings. The topological polar surface area (TPSA) is 38.3 Å². The van der Waals surface area contributed by atoms with E-state index in [9.17, 15) is 13.6 Å². The van der Waals surface area contributed by atoms with Crippen molar-refractivity contribution in [3.05, 3.63) is 33.8 Å². The van der Waals surface area contributed by atoms with Gasteiger partial charge in [0.15, 0.2) is 0 Å². The number of carbonyl (C=O) groups excluding carboxylic acids is 1. The highest BCUT2D eigenvalue weighted by Crippen LogP contribution is 2.21. The number of rotatable bonds is 5. The van der Waals surface area contributed by atoms with Crippen molar-refractivity contribution in [3.63, 3.8) is 0 Å². The predicted molar refractivity (Wildman–Crippen MR) is 67.4 cm³/mol. The van der Waals surface area contributed by atoms with Gasteiger partial charge in [0.2, 0.25) is 0 Å². The van der Waals surface area contributed by atoms with E-state index >= 15 is 0 Å². The second-order valence-corrected chi connectivity index (χ2v) is 4.82. The summed E-state index contributed by atoms with van der Waals surface area (Å²) < 4.78 is 31.5. The Morgan fingerprint density at radius 3 is 2.83 bits per heavy atom. The zero-order valence-electron chi connectivity index (χ0n) is 9.47. The van der Waals surface area contributed by atoms with Crippen molar-refractivity contribution in [2.75, 3.05) is 13.7 Å². The second kappa shape index (κ2) is 7.01. The van der Waals surface area contributed by atoms with Crippen LogP contribution in [0.25, 0.3) is 0 Å². The summed E-state index contributed by atoms with van der Waals surface area (Å²) in [5.74, 6) is -1.93. The fourth-order valence-electron chi connectivity index (χ4n) is 1.27. The number of halogens is 4. The highest BCUT2D eigenvalue weighted by molar-refractivity contribution is 9.10. The van der Waals surface area contributed by atoms with Crippen molar-refractivity contribution in [1.82, 2.24) is 5.32 Å². The molecular weight excluding hydrogens is 331 g/mol. The van der Waals surface area contributed by atoms with Crippen LogP contribution in [0, 0.1) is 11.6 Å². The van der Waals surface area contributed by atoms with Crippen molar-refractivity contribution in [3.8, 4) is 0 Å². The number of alkyl halides is 1. The van der Waals surface area contributed by atoms with Crippen LogP contribution in [0.5, 0.6) is 0 Å². The molecule has 0 amide bonds. The second-order valence-electron chi connectivity index (χ2n) is 3.44. The number of hydrogen-bond acceptors (Lipinski definition) is 3. The molecule has 18 heavy (non-hydrogen) atoms. The maximum Gasteiger partial charge on any atom is 0.325 e. The average molecular weight is 343 g/mol. The number of methoxy groups -OCH3 is 1. The molecule has 0 aliphatic rings. The molecule has 0 aromatic heterocycles. The Balaban J connectivity index is 2.59. The van der Waals surface area contributed by atoms with Gasteiger partial charge in [-0.05, 0) is 28.1 Å². The van der Waals surface area contributed by atoms with Gasteiger partial charge < -0.3 is 10.1 Å². The Bertz CT molecular complexity index is 445. The van der Waals surface area contributed by atoms with Gasteiger partial charge in [0.1, 0.15) is 17.0 Å². The number of benzene rings is 1. The Labute approximate surface area is 117 Å². The van der Waals surface area contributed by atoms with E-state index in [0.717, 1.165) is 6.07 Å². The van der Waals surface area contributed by atoms with Crippen LogP contribution in [0.4, 0.5) is 8.78 Å². The summed E-state index contributed by atoms with van der Waals surface area (Å²) in [6.07, 6.45) is 0. The van der Waals surface area contributed by atoms with E-state index in [1.807, 2.05) is 0 Å². The number of hydrogen-bond donors (Lipinski definition) is 1. The van der Waals surface area contributed by atoms with E-state index in [4.69, 9.17) is 11.6 Å². The summed E-state index contributed by atoms with van der Waals surface area (Å²) in [6.45, 7) is -0.0169. The van der Waals surface area contributed by atoms with Crippen molar-refractivity contribution >= 4 is 33.5 Å². The third-order valence-electron chi connectivity index (χ3n) is 2.22. The zero-order chi connectivity index (χ0) is 13.7. The zero-order valence-corrected chi connectivity index (χ0v) is 11.8. The Kier molecular flexibility index (Phi) is 5.98. The minimum Gasteiger partial charge on any atom is -0.468 e. The molecular formula is C11H11BrClF2NO2. The van der Waals surface area contributed by atoms with E-state index < -0.39 is 23.0 Å². The highest BCUT2D eigenvalue weighted by Gasteiger charge is 2.16. The van der Waals surface area contributed by atoms with E-state index in [1.54, 1.807) is 0 Å². The van der Waals surface area contributed by atoms with E-state index in [-0.39, 0.29) is 23.1 Å². The number of ether oxygens (including phenoxy) is 1. The SMILES string of the molecule is COC(=O)C(Cl)CNCc1c(F)ccc(Br)c1F. The summed E-state index contributed by atoms with van der Waals surface area (Å²) in [7, 11) is 1.21. The molecule has 0 saturated carbocycles. The molecule has 3 nitrogen and oxygen atoms in total. The summed E-state index contributed by atoms with van der Waals surface area (Å²) >= 11 is 8.64. The van der Waals surface area contributed by atoms with Gasteiger partial charge in [-0.15, -0.1) is 11.6 Å². The molecule has 1 rings (SSSR count). The third-order valence-corrected chi connectivity index (χ3v) is 3.17.